The van der Waals surface area contributed by atoms with Gasteiger partial charge >= 0.3 is 6.36 Å². The largest absolute Gasteiger partial charge is 0.573 e. The highest BCUT2D eigenvalue weighted by atomic mass is 32.2. The van der Waals surface area contributed by atoms with Crippen molar-refractivity contribution in [1.82, 2.24) is 9.29 Å². The monoisotopic (exact) mass is 432 g/mol. The normalized spacial score (nSPS) is 15.9. The van der Waals surface area contributed by atoms with Crippen molar-refractivity contribution in [3.63, 3.8) is 0 Å². The first-order valence-electron chi connectivity index (χ1n) is 8.28. The van der Waals surface area contributed by atoms with Gasteiger partial charge in [0.2, 0.25) is 10.0 Å². The quantitative estimate of drug-likeness (QED) is 0.528. The molecule has 2 aromatic rings. The molecule has 0 spiro atoms. The van der Waals surface area contributed by atoms with Crippen LogP contribution in [0.15, 0.2) is 47.5 Å². The number of hydrogen-bond donors (Lipinski definition) is 0. The van der Waals surface area contributed by atoms with Crippen LogP contribution >= 0.6 is 0 Å². The van der Waals surface area contributed by atoms with E-state index in [0.717, 1.165) is 30.5 Å². The van der Waals surface area contributed by atoms with Crippen LogP contribution in [0.2, 0.25) is 0 Å². The molecule has 1 fully saturated rings. The van der Waals surface area contributed by atoms with E-state index in [2.05, 4.69) is 9.72 Å². The smallest absolute Gasteiger partial charge is 0.406 e. The number of ether oxygens (including phenoxy) is 1. The van der Waals surface area contributed by atoms with E-state index >= 15 is 0 Å². The van der Waals surface area contributed by atoms with Crippen LogP contribution in [0.5, 0.6) is 5.75 Å². The fraction of sp³-hybridized carbons (Fsp3) is 0.312. The van der Waals surface area contributed by atoms with Gasteiger partial charge in [-0.3, -0.25) is 10.1 Å². The lowest BCUT2D eigenvalue weighted by Gasteiger charge is -2.34. The maximum absolute atomic E-state index is 12.7. The van der Waals surface area contributed by atoms with E-state index in [-0.39, 0.29) is 23.7 Å². The molecule has 0 saturated carbocycles. The summed E-state index contributed by atoms with van der Waals surface area (Å²) < 4.78 is 67.0. The van der Waals surface area contributed by atoms with E-state index in [1.165, 1.54) is 16.4 Å². The first kappa shape index (κ1) is 20.8. The zero-order valence-electron chi connectivity index (χ0n) is 14.7. The number of halogens is 3. The Kier molecular flexibility index (Phi) is 5.61. The lowest BCUT2D eigenvalue weighted by Crippen LogP contribution is -2.48. The van der Waals surface area contributed by atoms with E-state index in [4.69, 9.17) is 0 Å². The maximum atomic E-state index is 12.7. The third-order valence-corrected chi connectivity index (χ3v) is 6.11. The Hall–Kier alpha value is -2.93. The molecule has 1 aliphatic heterocycles. The number of aromatic nitrogens is 1. The van der Waals surface area contributed by atoms with Crippen molar-refractivity contribution in [3.8, 4) is 5.75 Å². The Labute approximate surface area is 163 Å². The molecule has 0 aliphatic carbocycles. The van der Waals surface area contributed by atoms with Crippen LogP contribution in [0.4, 0.5) is 24.7 Å². The van der Waals surface area contributed by atoms with Crippen molar-refractivity contribution >= 4 is 21.5 Å². The second kappa shape index (κ2) is 7.83. The van der Waals surface area contributed by atoms with Gasteiger partial charge in [-0.15, -0.1) is 13.2 Å². The highest BCUT2D eigenvalue weighted by molar-refractivity contribution is 7.89. The van der Waals surface area contributed by atoms with Crippen LogP contribution in [0.1, 0.15) is 0 Å². The second-order valence-corrected chi connectivity index (χ2v) is 7.98. The molecule has 9 nitrogen and oxygen atoms in total. The highest BCUT2D eigenvalue weighted by Gasteiger charge is 2.32. The lowest BCUT2D eigenvalue weighted by molar-refractivity contribution is -0.385. The predicted molar refractivity (Wildman–Crippen MR) is 95.0 cm³/mol. The van der Waals surface area contributed by atoms with Gasteiger partial charge in [0.1, 0.15) is 17.8 Å². The van der Waals surface area contributed by atoms with Gasteiger partial charge in [0.15, 0.2) is 0 Å². The van der Waals surface area contributed by atoms with E-state index < -0.39 is 27.1 Å². The summed E-state index contributed by atoms with van der Waals surface area (Å²) in [5.74, 6) is -0.0215. The molecule has 2 heterocycles. The summed E-state index contributed by atoms with van der Waals surface area (Å²) in [6, 6.07) is 6.80. The van der Waals surface area contributed by atoms with Gasteiger partial charge in [-0.25, -0.2) is 13.4 Å². The van der Waals surface area contributed by atoms with Crippen LogP contribution in [0.3, 0.4) is 0 Å². The van der Waals surface area contributed by atoms with Crippen molar-refractivity contribution in [2.45, 2.75) is 11.3 Å². The molecule has 0 amide bonds. The molecule has 156 valence electrons. The van der Waals surface area contributed by atoms with Crippen molar-refractivity contribution in [1.29, 1.82) is 0 Å². The van der Waals surface area contributed by atoms with E-state index in [9.17, 15) is 31.7 Å². The summed E-state index contributed by atoms with van der Waals surface area (Å²) in [6.45, 7) is 0.863. The van der Waals surface area contributed by atoms with Crippen LogP contribution < -0.4 is 9.64 Å². The van der Waals surface area contributed by atoms with Gasteiger partial charge in [0.25, 0.3) is 5.69 Å². The van der Waals surface area contributed by atoms with Gasteiger partial charge in [0.05, 0.1) is 9.82 Å². The molecule has 13 heteroatoms. The zero-order chi connectivity index (χ0) is 21.2. The first-order chi connectivity index (χ1) is 13.6. The topological polar surface area (TPSA) is 106 Å². The van der Waals surface area contributed by atoms with E-state index in [1.54, 1.807) is 4.90 Å². The average molecular weight is 432 g/mol. The molecular formula is C16H15F3N4O5S. The Balaban J connectivity index is 1.65. The minimum Gasteiger partial charge on any atom is -0.406 e. The molecule has 0 atom stereocenters. The van der Waals surface area contributed by atoms with Gasteiger partial charge in [0, 0.05) is 32.2 Å². The summed E-state index contributed by atoms with van der Waals surface area (Å²) in [4.78, 5) is 15.8. The minimum absolute atomic E-state index is 0.127. The number of nitro groups is 1. The molecule has 1 aliphatic rings. The Bertz CT molecular complexity index is 973. The summed E-state index contributed by atoms with van der Waals surface area (Å²) in [5, 5.41) is 10.7. The third-order valence-electron chi connectivity index (χ3n) is 4.20. The maximum Gasteiger partial charge on any atom is 0.573 e. The Morgan fingerprint density at radius 3 is 2.14 bits per heavy atom. The molecule has 1 aromatic carbocycles. The predicted octanol–water partition coefficient (Wildman–Crippen LogP) is 2.40. The van der Waals surface area contributed by atoms with E-state index in [0.29, 0.717) is 18.9 Å². The number of hydrogen-bond acceptors (Lipinski definition) is 7. The van der Waals surface area contributed by atoms with Crippen LogP contribution in [0, 0.1) is 10.1 Å². The summed E-state index contributed by atoms with van der Waals surface area (Å²) in [7, 11) is -3.89. The Morgan fingerprint density at radius 1 is 1.03 bits per heavy atom. The molecule has 3 rings (SSSR count). The second-order valence-electron chi connectivity index (χ2n) is 6.04. The van der Waals surface area contributed by atoms with Gasteiger partial charge in [-0.05, 0) is 30.3 Å². The molecule has 1 aromatic heterocycles. The molecule has 0 N–H and O–H groups in total. The van der Waals surface area contributed by atoms with Crippen molar-refractivity contribution < 1.29 is 31.2 Å². The molecular weight excluding hydrogens is 417 g/mol. The molecule has 1 saturated heterocycles. The summed E-state index contributed by atoms with van der Waals surface area (Å²) in [5.41, 5.74) is -0.145. The number of anilines is 1. The Morgan fingerprint density at radius 2 is 1.66 bits per heavy atom. The van der Waals surface area contributed by atoms with Crippen molar-refractivity contribution in [2.24, 2.45) is 0 Å². The molecule has 29 heavy (non-hydrogen) atoms. The van der Waals surface area contributed by atoms with Gasteiger partial charge in [-0.1, -0.05) is 0 Å². The van der Waals surface area contributed by atoms with Gasteiger partial charge in [-0.2, -0.15) is 4.31 Å². The average Bonchev–Trinajstić information content (AvgIpc) is 2.67. The van der Waals surface area contributed by atoms with Crippen LogP contribution in [-0.2, 0) is 10.0 Å². The zero-order valence-corrected chi connectivity index (χ0v) is 15.6. The number of piperazine rings is 1. The molecule has 0 bridgehead atoms. The van der Waals surface area contributed by atoms with Crippen molar-refractivity contribution in [2.75, 3.05) is 31.1 Å². The first-order valence-corrected chi connectivity index (χ1v) is 9.72. The third kappa shape index (κ3) is 4.92. The standard InChI is InChI=1S/C16H15F3N4O5S/c17-16(18,19)28-13-2-4-14(5-3-13)29(26,27)22-9-7-21(8-10-22)15-6-1-12(11-20-15)23(24)25/h1-6,11H,7-10H2. The fourth-order valence-electron chi connectivity index (χ4n) is 2.79. The number of pyridine rings is 1. The van der Waals surface area contributed by atoms with Gasteiger partial charge < -0.3 is 9.64 Å². The summed E-state index contributed by atoms with van der Waals surface area (Å²) in [6.07, 6.45) is -3.73. The van der Waals surface area contributed by atoms with E-state index in [1.807, 2.05) is 0 Å². The summed E-state index contributed by atoms with van der Waals surface area (Å²) >= 11 is 0. The minimum atomic E-state index is -4.86. The number of alkyl halides is 3. The lowest BCUT2D eigenvalue weighted by atomic mass is 10.3. The number of nitrogens with zero attached hydrogens (tertiary/aromatic N) is 4. The number of rotatable bonds is 5. The fourth-order valence-corrected chi connectivity index (χ4v) is 4.22. The SMILES string of the molecule is O=[N+]([O-])c1ccc(N2CCN(S(=O)(=O)c3ccc(OC(F)(F)F)cc3)CC2)nc1. The molecule has 0 radical (unpaired) electrons. The van der Waals surface area contributed by atoms with Crippen molar-refractivity contribution in [3.05, 3.63) is 52.7 Å². The highest BCUT2D eigenvalue weighted by Crippen LogP contribution is 2.26. The number of sulfonamides is 1. The molecule has 0 unspecified atom stereocenters. The van der Waals surface area contributed by atoms with Crippen LogP contribution in [0.25, 0.3) is 0 Å². The van der Waals surface area contributed by atoms with Crippen LogP contribution in [-0.4, -0.2) is 55.2 Å². The number of benzene rings is 1.